The number of benzene rings is 1. The fourth-order valence-electron chi connectivity index (χ4n) is 4.25. The number of likely N-dealkylation sites (tertiary alicyclic amines) is 1. The molecule has 0 bridgehead atoms. The number of carbonyl (C=O) groups is 3. The number of hydrogen-bond donors (Lipinski definition) is 3. The number of piperidine rings is 1. The van der Waals surface area contributed by atoms with Crippen LogP contribution in [0.25, 0.3) is 0 Å². The number of nitrogens with one attached hydrogen (secondary N) is 2. The average molecular weight is 434 g/mol. The minimum Gasteiger partial charge on any atom is -0.480 e. The number of hydrogen-bond acceptors (Lipinski definition) is 5. The number of thioether (sulfide) groups is 1. The second-order valence-electron chi connectivity index (χ2n) is 8.22. The molecule has 8 heteroatoms. The van der Waals surface area contributed by atoms with E-state index < -0.39 is 17.4 Å². The third kappa shape index (κ3) is 4.64. The van der Waals surface area contributed by atoms with Gasteiger partial charge in [0.25, 0.3) is 0 Å². The molecule has 3 rings (SSSR count). The van der Waals surface area contributed by atoms with Crippen LogP contribution < -0.4 is 10.6 Å². The van der Waals surface area contributed by atoms with Crippen molar-refractivity contribution in [3.05, 3.63) is 35.9 Å². The zero-order valence-corrected chi connectivity index (χ0v) is 18.4. The Morgan fingerprint density at radius 1 is 1.27 bits per heavy atom. The van der Waals surface area contributed by atoms with Gasteiger partial charge < -0.3 is 15.3 Å². The molecule has 0 aromatic heterocycles. The van der Waals surface area contributed by atoms with Crippen molar-refractivity contribution >= 4 is 29.5 Å². The molecule has 0 radical (unpaired) electrons. The predicted octanol–water partition coefficient (Wildman–Crippen LogP) is 1.82. The van der Waals surface area contributed by atoms with E-state index in [0.717, 1.165) is 17.2 Å². The molecule has 7 nitrogen and oxygen atoms in total. The van der Waals surface area contributed by atoms with Crippen molar-refractivity contribution in [1.29, 1.82) is 0 Å². The van der Waals surface area contributed by atoms with E-state index in [1.807, 2.05) is 49.1 Å². The number of amides is 2. The fraction of sp³-hybridized carbons (Fsp3) is 0.591. The van der Waals surface area contributed by atoms with Gasteiger partial charge in [0.15, 0.2) is 0 Å². The molecule has 0 saturated carbocycles. The van der Waals surface area contributed by atoms with Crippen LogP contribution >= 0.6 is 11.8 Å². The number of aliphatic carboxylic acids is 1. The van der Waals surface area contributed by atoms with Crippen molar-refractivity contribution in [1.82, 2.24) is 15.5 Å². The Kier molecular flexibility index (Phi) is 7.41. The van der Waals surface area contributed by atoms with Gasteiger partial charge in [0, 0.05) is 24.7 Å². The number of nitrogens with zero attached hydrogens (tertiary/aromatic N) is 1. The van der Waals surface area contributed by atoms with Gasteiger partial charge in [0.2, 0.25) is 11.8 Å². The summed E-state index contributed by atoms with van der Waals surface area (Å²) in [7, 11) is 0. The molecule has 3 atom stereocenters. The summed E-state index contributed by atoms with van der Waals surface area (Å²) in [6.45, 7) is 4.71. The highest BCUT2D eigenvalue weighted by atomic mass is 32.2. The van der Waals surface area contributed by atoms with Gasteiger partial charge in [0.1, 0.15) is 6.04 Å². The first-order valence-electron chi connectivity index (χ1n) is 10.6. The first kappa shape index (κ1) is 22.6. The maximum Gasteiger partial charge on any atom is 0.326 e. The average Bonchev–Trinajstić information content (AvgIpc) is 3.31. The molecule has 164 valence electrons. The lowest BCUT2D eigenvalue weighted by atomic mass is 9.71. The summed E-state index contributed by atoms with van der Waals surface area (Å²) in [5, 5.41) is 15.7. The quantitative estimate of drug-likeness (QED) is 0.607. The summed E-state index contributed by atoms with van der Waals surface area (Å²) >= 11 is 1.71. The van der Waals surface area contributed by atoms with Gasteiger partial charge in [-0.25, -0.2) is 4.79 Å². The molecule has 2 fully saturated rings. The normalized spacial score (nSPS) is 22.9. The second kappa shape index (κ2) is 9.83. The molecular formula is C22H31N3O4S. The summed E-state index contributed by atoms with van der Waals surface area (Å²) in [6, 6.07) is 8.44. The monoisotopic (exact) mass is 433 g/mol. The van der Waals surface area contributed by atoms with Crippen LogP contribution in [-0.2, 0) is 19.8 Å². The third-order valence-corrected chi connectivity index (χ3v) is 7.41. The Hall–Kier alpha value is -2.06. The molecule has 30 heavy (non-hydrogen) atoms. The highest BCUT2D eigenvalue weighted by Crippen LogP contribution is 2.36. The van der Waals surface area contributed by atoms with Crippen LogP contribution in [-0.4, -0.2) is 64.6 Å². The smallest absolute Gasteiger partial charge is 0.326 e. The van der Waals surface area contributed by atoms with E-state index in [1.54, 1.807) is 11.8 Å². The van der Waals surface area contributed by atoms with Crippen LogP contribution in [0.15, 0.2) is 30.3 Å². The summed E-state index contributed by atoms with van der Waals surface area (Å²) in [5.41, 5.74) is 0.0364. The van der Waals surface area contributed by atoms with Gasteiger partial charge in [-0.15, -0.1) is 11.8 Å². The molecule has 1 unspecified atom stereocenters. The molecule has 2 amide bonds. The van der Waals surface area contributed by atoms with Crippen molar-refractivity contribution in [2.45, 2.75) is 50.6 Å². The van der Waals surface area contributed by atoms with Gasteiger partial charge >= 0.3 is 5.97 Å². The summed E-state index contributed by atoms with van der Waals surface area (Å²) in [6.07, 6.45) is 1.60. The first-order chi connectivity index (χ1) is 14.4. The Morgan fingerprint density at radius 2 is 1.93 bits per heavy atom. The van der Waals surface area contributed by atoms with Crippen molar-refractivity contribution in [3.63, 3.8) is 0 Å². The van der Waals surface area contributed by atoms with Crippen molar-refractivity contribution < 1.29 is 19.5 Å². The molecule has 3 N–H and O–H groups in total. The summed E-state index contributed by atoms with van der Waals surface area (Å²) in [5.74, 6) is 0.195. The summed E-state index contributed by atoms with van der Waals surface area (Å²) < 4.78 is 0. The van der Waals surface area contributed by atoms with E-state index in [9.17, 15) is 19.5 Å². The van der Waals surface area contributed by atoms with Gasteiger partial charge in [-0.2, -0.15) is 0 Å². The molecule has 1 aromatic carbocycles. The fourth-order valence-corrected chi connectivity index (χ4v) is 5.18. The maximum absolute atomic E-state index is 13.5. The first-order valence-corrected chi connectivity index (χ1v) is 11.7. The standard InChI is InChI=1S/C22H31N3O4S/c1-3-15(2)18(20(27)28)24-21(29)22(16-7-5-4-6-8-16)9-11-25(12-10-22)19(26)17-13-30-14-23-17/h4-8,15,17-18,23H,3,9-14H2,1-2H3,(H,24,29)(H,27,28)/t15?,17-,18+/m1/s1. The van der Waals surface area contributed by atoms with Gasteiger partial charge in [-0.3, -0.25) is 14.9 Å². The molecule has 2 aliphatic heterocycles. The Balaban J connectivity index is 1.80. The number of carbonyl (C=O) groups excluding carboxylic acids is 2. The van der Waals surface area contributed by atoms with Crippen molar-refractivity contribution in [3.8, 4) is 0 Å². The van der Waals surface area contributed by atoms with E-state index in [1.165, 1.54) is 0 Å². The molecule has 0 spiro atoms. The lowest BCUT2D eigenvalue weighted by Gasteiger charge is -2.42. The molecule has 2 saturated heterocycles. The minimum atomic E-state index is -1.02. The topological polar surface area (TPSA) is 98.7 Å². The minimum absolute atomic E-state index is 0.0880. The van der Waals surface area contributed by atoms with E-state index in [4.69, 9.17) is 0 Å². The molecule has 1 aromatic rings. The Morgan fingerprint density at radius 3 is 2.47 bits per heavy atom. The SMILES string of the molecule is CCC(C)[C@H](NC(=O)C1(c2ccccc2)CCN(C(=O)[C@H]2CSCN2)CC1)C(=O)O. The van der Waals surface area contributed by atoms with Crippen molar-refractivity contribution in [2.75, 3.05) is 24.7 Å². The molecule has 0 aliphatic carbocycles. The van der Waals surface area contributed by atoms with Crippen molar-refractivity contribution in [2.24, 2.45) is 5.92 Å². The van der Waals surface area contributed by atoms with E-state index >= 15 is 0 Å². The largest absolute Gasteiger partial charge is 0.480 e. The number of rotatable bonds is 7. The maximum atomic E-state index is 13.5. The van der Waals surface area contributed by atoms with Gasteiger partial charge in [0.05, 0.1) is 11.5 Å². The van der Waals surface area contributed by atoms with E-state index in [0.29, 0.717) is 32.4 Å². The third-order valence-electron chi connectivity index (χ3n) is 6.47. The highest BCUT2D eigenvalue weighted by Gasteiger charge is 2.45. The van der Waals surface area contributed by atoms with Crippen LogP contribution in [0.5, 0.6) is 0 Å². The lowest BCUT2D eigenvalue weighted by Crippen LogP contribution is -2.58. The highest BCUT2D eigenvalue weighted by molar-refractivity contribution is 7.99. The van der Waals surface area contributed by atoms with Crippen LogP contribution in [0.2, 0.25) is 0 Å². The summed E-state index contributed by atoms with van der Waals surface area (Å²) in [4.78, 5) is 39.9. The number of carboxylic acid groups (broad SMARTS) is 1. The zero-order chi connectivity index (χ0) is 21.7. The van der Waals surface area contributed by atoms with Gasteiger partial charge in [-0.1, -0.05) is 50.6 Å². The Labute approximate surface area is 182 Å². The van der Waals surface area contributed by atoms with Crippen LogP contribution in [0.4, 0.5) is 0 Å². The molecule has 2 aliphatic rings. The number of carboxylic acids is 1. The van der Waals surface area contributed by atoms with Gasteiger partial charge in [-0.05, 0) is 24.3 Å². The van der Waals surface area contributed by atoms with E-state index in [2.05, 4.69) is 10.6 Å². The second-order valence-corrected chi connectivity index (χ2v) is 9.25. The molecular weight excluding hydrogens is 402 g/mol. The lowest BCUT2D eigenvalue weighted by molar-refractivity contribution is -0.145. The van der Waals surface area contributed by atoms with Crippen LogP contribution in [0, 0.1) is 5.92 Å². The predicted molar refractivity (Wildman–Crippen MR) is 117 cm³/mol. The van der Waals surface area contributed by atoms with E-state index in [-0.39, 0.29) is 23.8 Å². The molecule has 2 heterocycles. The Bertz CT molecular complexity index is 759. The van der Waals surface area contributed by atoms with Crippen LogP contribution in [0.3, 0.4) is 0 Å². The van der Waals surface area contributed by atoms with Crippen LogP contribution in [0.1, 0.15) is 38.7 Å². The zero-order valence-electron chi connectivity index (χ0n) is 17.6.